The second kappa shape index (κ2) is 7.51. The monoisotopic (exact) mass is 239 g/mol. The summed E-state index contributed by atoms with van der Waals surface area (Å²) >= 11 is 0. The van der Waals surface area contributed by atoms with Gasteiger partial charge in [-0.3, -0.25) is 0 Å². The number of nitrogens with one attached hydrogen (secondary N) is 1. The van der Waals surface area contributed by atoms with E-state index in [0.29, 0.717) is 26.2 Å². The second-order valence-electron chi connectivity index (χ2n) is 3.47. The van der Waals surface area contributed by atoms with Crippen molar-refractivity contribution >= 4 is 6.09 Å². The zero-order chi connectivity index (χ0) is 12.5. The summed E-state index contributed by atoms with van der Waals surface area (Å²) in [7, 11) is 1.63. The molecule has 1 rings (SSSR count). The Morgan fingerprint density at radius 3 is 2.59 bits per heavy atom. The Morgan fingerprint density at radius 1 is 1.29 bits per heavy atom. The molecule has 0 radical (unpaired) electrons. The molecule has 0 aromatic heterocycles. The maximum Gasteiger partial charge on any atom is 0.404 e. The Kier molecular flexibility index (Phi) is 5.88. The van der Waals surface area contributed by atoms with Crippen LogP contribution < -0.4 is 10.1 Å². The summed E-state index contributed by atoms with van der Waals surface area (Å²) in [5.74, 6) is 0.789. The third-order valence-electron chi connectivity index (χ3n) is 2.17. The minimum atomic E-state index is -0.996. The van der Waals surface area contributed by atoms with Crippen molar-refractivity contribution in [2.75, 3.05) is 26.9 Å². The smallest absolute Gasteiger partial charge is 0.404 e. The molecule has 17 heavy (non-hydrogen) atoms. The Balaban J connectivity index is 2.31. The summed E-state index contributed by atoms with van der Waals surface area (Å²) in [6.45, 7) is 1.50. The predicted octanol–water partition coefficient (Wildman–Crippen LogP) is 1.52. The van der Waals surface area contributed by atoms with E-state index in [9.17, 15) is 4.79 Å². The average Bonchev–Trinajstić information content (AvgIpc) is 2.31. The molecule has 1 amide bonds. The first-order valence-electron chi connectivity index (χ1n) is 5.40. The number of ether oxygens (including phenoxy) is 2. The molecule has 0 aliphatic heterocycles. The first kappa shape index (κ1) is 13.3. The summed E-state index contributed by atoms with van der Waals surface area (Å²) in [5, 5.41) is 10.7. The van der Waals surface area contributed by atoms with Gasteiger partial charge in [0.25, 0.3) is 0 Å². The van der Waals surface area contributed by atoms with Gasteiger partial charge < -0.3 is 19.9 Å². The zero-order valence-electron chi connectivity index (χ0n) is 9.81. The van der Waals surface area contributed by atoms with E-state index in [1.807, 2.05) is 24.3 Å². The highest BCUT2D eigenvalue weighted by Gasteiger charge is 1.97. The van der Waals surface area contributed by atoms with Gasteiger partial charge in [-0.2, -0.15) is 0 Å². The van der Waals surface area contributed by atoms with Gasteiger partial charge in [0, 0.05) is 13.7 Å². The minimum Gasteiger partial charge on any atom is -0.491 e. The van der Waals surface area contributed by atoms with Gasteiger partial charge in [0.1, 0.15) is 12.4 Å². The molecule has 0 aliphatic rings. The van der Waals surface area contributed by atoms with Crippen molar-refractivity contribution in [1.82, 2.24) is 5.32 Å². The Hall–Kier alpha value is -1.75. The van der Waals surface area contributed by atoms with Crippen LogP contribution in [0.25, 0.3) is 0 Å². The van der Waals surface area contributed by atoms with Crippen LogP contribution in [-0.4, -0.2) is 38.1 Å². The zero-order valence-corrected chi connectivity index (χ0v) is 9.81. The highest BCUT2D eigenvalue weighted by atomic mass is 16.5. The lowest BCUT2D eigenvalue weighted by atomic mass is 10.1. The van der Waals surface area contributed by atoms with Gasteiger partial charge in [-0.05, 0) is 24.1 Å². The summed E-state index contributed by atoms with van der Waals surface area (Å²) in [6.07, 6.45) is -0.325. The van der Waals surface area contributed by atoms with E-state index in [0.717, 1.165) is 11.3 Å². The largest absolute Gasteiger partial charge is 0.491 e. The number of amides is 1. The number of methoxy groups -OCH3 is 1. The third kappa shape index (κ3) is 5.77. The van der Waals surface area contributed by atoms with Crippen molar-refractivity contribution in [2.24, 2.45) is 0 Å². The molecule has 0 saturated carbocycles. The van der Waals surface area contributed by atoms with E-state index in [-0.39, 0.29) is 0 Å². The molecule has 2 N–H and O–H groups in total. The molecule has 5 nitrogen and oxygen atoms in total. The molecule has 0 atom stereocenters. The van der Waals surface area contributed by atoms with E-state index < -0.39 is 6.09 Å². The molecule has 0 unspecified atom stereocenters. The van der Waals surface area contributed by atoms with Crippen molar-refractivity contribution < 1.29 is 19.4 Å². The number of carbonyl (C=O) groups is 1. The number of hydrogen-bond acceptors (Lipinski definition) is 3. The van der Waals surface area contributed by atoms with Crippen LogP contribution in [0, 0.1) is 0 Å². The number of rotatable bonds is 7. The number of carboxylic acid groups (broad SMARTS) is 1. The van der Waals surface area contributed by atoms with Gasteiger partial charge in [0.05, 0.1) is 6.61 Å². The minimum absolute atomic E-state index is 0.416. The molecular weight excluding hydrogens is 222 g/mol. The van der Waals surface area contributed by atoms with Gasteiger partial charge in [0.2, 0.25) is 0 Å². The van der Waals surface area contributed by atoms with E-state index >= 15 is 0 Å². The molecule has 0 aliphatic carbocycles. The van der Waals surface area contributed by atoms with Crippen molar-refractivity contribution in [3.63, 3.8) is 0 Å². The maximum atomic E-state index is 10.2. The van der Waals surface area contributed by atoms with Gasteiger partial charge in [0.15, 0.2) is 0 Å². The molecule has 0 bridgehead atoms. The highest BCUT2D eigenvalue weighted by Crippen LogP contribution is 2.12. The van der Waals surface area contributed by atoms with Crippen molar-refractivity contribution in [1.29, 1.82) is 0 Å². The van der Waals surface area contributed by atoms with Gasteiger partial charge >= 0.3 is 6.09 Å². The fourth-order valence-electron chi connectivity index (χ4n) is 1.31. The van der Waals surface area contributed by atoms with Gasteiger partial charge in [-0.1, -0.05) is 12.1 Å². The molecule has 94 valence electrons. The lowest BCUT2D eigenvalue weighted by Crippen LogP contribution is -2.23. The summed E-state index contributed by atoms with van der Waals surface area (Å²) in [5.41, 5.74) is 1.07. The van der Waals surface area contributed by atoms with Crippen LogP contribution >= 0.6 is 0 Å². The molecule has 1 aromatic rings. The lowest BCUT2D eigenvalue weighted by Gasteiger charge is -2.06. The molecule has 5 heteroatoms. The Labute approximate surface area is 100 Å². The van der Waals surface area contributed by atoms with Gasteiger partial charge in [-0.25, -0.2) is 4.79 Å². The Morgan fingerprint density at radius 2 is 2.00 bits per heavy atom. The third-order valence-corrected chi connectivity index (χ3v) is 2.17. The lowest BCUT2D eigenvalue weighted by molar-refractivity contribution is 0.146. The van der Waals surface area contributed by atoms with Crippen molar-refractivity contribution in [2.45, 2.75) is 6.42 Å². The Bertz CT molecular complexity index is 337. The van der Waals surface area contributed by atoms with Crippen LogP contribution in [0.3, 0.4) is 0 Å². The van der Waals surface area contributed by atoms with E-state index in [2.05, 4.69) is 5.32 Å². The van der Waals surface area contributed by atoms with Crippen LogP contribution in [0.1, 0.15) is 5.56 Å². The van der Waals surface area contributed by atoms with Crippen LogP contribution in [0.5, 0.6) is 5.75 Å². The maximum absolute atomic E-state index is 10.2. The van der Waals surface area contributed by atoms with E-state index in [4.69, 9.17) is 14.6 Å². The molecule has 0 spiro atoms. The first-order chi connectivity index (χ1) is 8.22. The number of benzene rings is 1. The molecule has 0 fully saturated rings. The molecule has 0 saturated heterocycles. The second-order valence-corrected chi connectivity index (χ2v) is 3.47. The van der Waals surface area contributed by atoms with Crippen LogP contribution in [0.2, 0.25) is 0 Å². The standard InChI is InChI=1S/C12H17NO4/c1-16-8-9-17-11-4-2-10(3-5-11)6-7-13-12(14)15/h2-5,13H,6-9H2,1H3,(H,14,15). The molecule has 0 heterocycles. The first-order valence-corrected chi connectivity index (χ1v) is 5.40. The normalized spacial score (nSPS) is 9.94. The predicted molar refractivity (Wildman–Crippen MR) is 63.5 cm³/mol. The SMILES string of the molecule is COCCOc1ccc(CCNC(=O)O)cc1. The van der Waals surface area contributed by atoms with Gasteiger partial charge in [-0.15, -0.1) is 0 Å². The average molecular weight is 239 g/mol. The summed E-state index contributed by atoms with van der Waals surface area (Å²) in [6, 6.07) is 7.58. The quantitative estimate of drug-likeness (QED) is 0.708. The fourth-order valence-corrected chi connectivity index (χ4v) is 1.31. The molecule has 1 aromatic carbocycles. The van der Waals surface area contributed by atoms with Crippen LogP contribution in [0.4, 0.5) is 4.79 Å². The fraction of sp³-hybridized carbons (Fsp3) is 0.417. The van der Waals surface area contributed by atoms with Crippen LogP contribution in [-0.2, 0) is 11.2 Å². The topological polar surface area (TPSA) is 67.8 Å². The van der Waals surface area contributed by atoms with Crippen LogP contribution in [0.15, 0.2) is 24.3 Å². The van der Waals surface area contributed by atoms with Crippen molar-refractivity contribution in [3.05, 3.63) is 29.8 Å². The molecular formula is C12H17NO4. The number of hydrogen-bond donors (Lipinski definition) is 2. The van der Waals surface area contributed by atoms with Crippen molar-refractivity contribution in [3.8, 4) is 5.75 Å². The summed E-state index contributed by atoms with van der Waals surface area (Å²) < 4.78 is 10.3. The van der Waals surface area contributed by atoms with E-state index in [1.54, 1.807) is 7.11 Å². The summed E-state index contributed by atoms with van der Waals surface area (Å²) in [4.78, 5) is 10.2. The highest BCUT2D eigenvalue weighted by molar-refractivity contribution is 5.64. The van der Waals surface area contributed by atoms with E-state index in [1.165, 1.54) is 0 Å².